The maximum absolute atomic E-state index is 13.4. The lowest BCUT2D eigenvalue weighted by Crippen LogP contribution is -2.33. The van der Waals surface area contributed by atoms with E-state index in [4.69, 9.17) is 4.74 Å². The molecule has 2 rings (SSSR count). The van der Waals surface area contributed by atoms with Gasteiger partial charge in [-0.25, -0.2) is 0 Å². The molecule has 1 aromatic carbocycles. The largest absolute Gasteiger partial charge is 0.377 e. The van der Waals surface area contributed by atoms with Crippen molar-refractivity contribution in [3.8, 4) is 0 Å². The Kier molecular flexibility index (Phi) is 3.58. The van der Waals surface area contributed by atoms with Crippen molar-refractivity contribution >= 4 is 27.3 Å². The first kappa shape index (κ1) is 12.3. The number of hydrogen-bond donors (Lipinski definition) is 1. The van der Waals surface area contributed by atoms with Gasteiger partial charge in [-0.1, -0.05) is 15.9 Å². The van der Waals surface area contributed by atoms with Gasteiger partial charge in [-0.05, 0) is 18.6 Å². The molecule has 1 unspecified atom stereocenters. The second-order valence-corrected chi connectivity index (χ2v) is 4.62. The smallest absolute Gasteiger partial charge is 0.327 e. The first-order valence-corrected chi connectivity index (χ1v) is 5.86. The lowest BCUT2D eigenvalue weighted by atomic mass is 10.2. The molecule has 92 valence electrons. The standard InChI is InChI=1S/C10H10BrFN2O3/c11-6-3-8(12)10(14(15)16)9(4-6)13-5-7-1-2-17-7/h3-4,7,13H,1-2,5H2. The summed E-state index contributed by atoms with van der Waals surface area (Å²) >= 11 is 3.10. The molecular formula is C10H10BrFN2O3. The van der Waals surface area contributed by atoms with Gasteiger partial charge in [-0.15, -0.1) is 0 Å². The summed E-state index contributed by atoms with van der Waals surface area (Å²) in [6.07, 6.45) is 0.966. The Hall–Kier alpha value is -1.21. The van der Waals surface area contributed by atoms with Crippen molar-refractivity contribution in [1.82, 2.24) is 0 Å². The Labute approximate surface area is 105 Å². The number of rotatable bonds is 4. The van der Waals surface area contributed by atoms with Crippen LogP contribution in [0.25, 0.3) is 0 Å². The topological polar surface area (TPSA) is 64.4 Å². The highest BCUT2D eigenvalue weighted by Gasteiger charge is 2.23. The molecule has 0 radical (unpaired) electrons. The van der Waals surface area contributed by atoms with E-state index >= 15 is 0 Å². The maximum atomic E-state index is 13.4. The zero-order valence-electron chi connectivity index (χ0n) is 8.78. The normalized spacial score (nSPS) is 18.6. The third kappa shape index (κ3) is 2.73. The van der Waals surface area contributed by atoms with Crippen LogP contribution in [0.15, 0.2) is 16.6 Å². The van der Waals surface area contributed by atoms with Gasteiger partial charge in [0.25, 0.3) is 0 Å². The zero-order chi connectivity index (χ0) is 12.4. The van der Waals surface area contributed by atoms with Gasteiger partial charge >= 0.3 is 5.69 Å². The highest BCUT2D eigenvalue weighted by atomic mass is 79.9. The van der Waals surface area contributed by atoms with Crippen LogP contribution in [0.3, 0.4) is 0 Å². The summed E-state index contributed by atoms with van der Waals surface area (Å²) in [5.41, 5.74) is -0.370. The van der Waals surface area contributed by atoms with Crippen LogP contribution in [0.4, 0.5) is 15.8 Å². The van der Waals surface area contributed by atoms with Gasteiger partial charge in [0.2, 0.25) is 5.82 Å². The predicted octanol–water partition coefficient (Wildman–Crippen LogP) is 2.70. The third-order valence-electron chi connectivity index (χ3n) is 2.52. The van der Waals surface area contributed by atoms with Gasteiger partial charge in [-0.2, -0.15) is 4.39 Å². The molecule has 1 aliphatic rings. The Morgan fingerprint density at radius 2 is 2.35 bits per heavy atom. The predicted molar refractivity (Wildman–Crippen MR) is 63.6 cm³/mol. The van der Waals surface area contributed by atoms with E-state index in [2.05, 4.69) is 21.2 Å². The van der Waals surface area contributed by atoms with Crippen molar-refractivity contribution in [2.45, 2.75) is 12.5 Å². The lowest BCUT2D eigenvalue weighted by molar-refractivity contribution is -0.386. The minimum absolute atomic E-state index is 0.0525. The molecule has 0 amide bonds. The van der Waals surface area contributed by atoms with E-state index in [1.54, 1.807) is 0 Å². The van der Waals surface area contributed by atoms with Gasteiger partial charge in [0.1, 0.15) is 5.69 Å². The second kappa shape index (κ2) is 4.97. The van der Waals surface area contributed by atoms with Crippen molar-refractivity contribution in [3.05, 3.63) is 32.5 Å². The highest BCUT2D eigenvalue weighted by molar-refractivity contribution is 9.10. The molecule has 0 spiro atoms. The average molecular weight is 305 g/mol. The number of nitrogens with one attached hydrogen (secondary N) is 1. The second-order valence-electron chi connectivity index (χ2n) is 3.70. The van der Waals surface area contributed by atoms with E-state index in [0.29, 0.717) is 17.6 Å². The van der Waals surface area contributed by atoms with E-state index in [1.807, 2.05) is 0 Å². The van der Waals surface area contributed by atoms with Crippen molar-refractivity contribution in [1.29, 1.82) is 0 Å². The van der Waals surface area contributed by atoms with Gasteiger partial charge < -0.3 is 10.1 Å². The van der Waals surface area contributed by atoms with E-state index in [9.17, 15) is 14.5 Å². The molecule has 1 saturated heterocycles. The van der Waals surface area contributed by atoms with Gasteiger partial charge in [0.15, 0.2) is 0 Å². The Bertz CT molecular complexity index is 451. The highest BCUT2D eigenvalue weighted by Crippen LogP contribution is 2.31. The molecule has 0 bridgehead atoms. The van der Waals surface area contributed by atoms with Gasteiger partial charge in [0, 0.05) is 17.6 Å². The fourth-order valence-electron chi connectivity index (χ4n) is 1.56. The van der Waals surface area contributed by atoms with E-state index in [1.165, 1.54) is 6.07 Å². The molecule has 7 heteroatoms. The number of hydrogen-bond acceptors (Lipinski definition) is 4. The Morgan fingerprint density at radius 3 is 2.88 bits per heavy atom. The fourth-order valence-corrected chi connectivity index (χ4v) is 1.99. The summed E-state index contributed by atoms with van der Waals surface area (Å²) in [5, 5.41) is 13.6. The maximum Gasteiger partial charge on any atom is 0.327 e. The van der Waals surface area contributed by atoms with Crippen LogP contribution in [-0.2, 0) is 4.74 Å². The first-order chi connectivity index (χ1) is 8.08. The van der Waals surface area contributed by atoms with Crippen LogP contribution in [0.1, 0.15) is 6.42 Å². The molecule has 0 aliphatic carbocycles. The Morgan fingerprint density at radius 1 is 1.65 bits per heavy atom. The summed E-state index contributed by atoms with van der Waals surface area (Å²) in [4.78, 5) is 10.0. The summed E-state index contributed by atoms with van der Waals surface area (Å²) in [6, 6.07) is 2.56. The van der Waals surface area contributed by atoms with Crippen molar-refractivity contribution in [3.63, 3.8) is 0 Å². The fraction of sp³-hybridized carbons (Fsp3) is 0.400. The zero-order valence-corrected chi connectivity index (χ0v) is 10.4. The summed E-state index contributed by atoms with van der Waals surface area (Å²) in [5.74, 6) is -0.860. The monoisotopic (exact) mass is 304 g/mol. The van der Waals surface area contributed by atoms with Gasteiger partial charge in [0.05, 0.1) is 11.0 Å². The molecule has 1 atom stereocenters. The van der Waals surface area contributed by atoms with Crippen LogP contribution in [-0.4, -0.2) is 24.2 Å². The minimum Gasteiger partial charge on any atom is -0.377 e. The molecule has 0 aromatic heterocycles. The Balaban J connectivity index is 2.20. The van der Waals surface area contributed by atoms with Crippen LogP contribution < -0.4 is 5.32 Å². The van der Waals surface area contributed by atoms with E-state index in [-0.39, 0.29) is 11.8 Å². The molecule has 17 heavy (non-hydrogen) atoms. The van der Waals surface area contributed by atoms with E-state index < -0.39 is 16.4 Å². The average Bonchev–Trinajstić information content (AvgIpc) is 2.12. The third-order valence-corrected chi connectivity index (χ3v) is 2.98. The number of nitrogens with zero attached hydrogens (tertiary/aromatic N) is 1. The van der Waals surface area contributed by atoms with Crippen molar-refractivity contribution in [2.24, 2.45) is 0 Å². The van der Waals surface area contributed by atoms with Crippen LogP contribution >= 0.6 is 15.9 Å². The van der Waals surface area contributed by atoms with Gasteiger partial charge in [-0.3, -0.25) is 10.1 Å². The molecule has 1 N–H and O–H groups in total. The summed E-state index contributed by atoms with van der Waals surface area (Å²) < 4.78 is 19.1. The molecule has 0 saturated carbocycles. The molecule has 1 aliphatic heterocycles. The lowest BCUT2D eigenvalue weighted by Gasteiger charge is -2.26. The SMILES string of the molecule is O=[N+]([O-])c1c(F)cc(Br)cc1NCC1CCO1. The minimum atomic E-state index is -0.860. The molecule has 1 fully saturated rings. The quantitative estimate of drug-likeness (QED) is 0.686. The van der Waals surface area contributed by atoms with Crippen molar-refractivity contribution in [2.75, 3.05) is 18.5 Å². The summed E-state index contributed by atoms with van der Waals surface area (Å²) in [7, 11) is 0. The van der Waals surface area contributed by atoms with Crippen molar-refractivity contribution < 1.29 is 14.1 Å². The number of ether oxygens (including phenoxy) is 1. The van der Waals surface area contributed by atoms with Crippen LogP contribution in [0.2, 0.25) is 0 Å². The van der Waals surface area contributed by atoms with E-state index in [0.717, 1.165) is 12.5 Å². The first-order valence-electron chi connectivity index (χ1n) is 5.07. The van der Waals surface area contributed by atoms with Crippen LogP contribution in [0.5, 0.6) is 0 Å². The molecule has 1 heterocycles. The number of anilines is 1. The number of nitro groups is 1. The molecule has 1 aromatic rings. The number of benzene rings is 1. The number of halogens is 2. The number of nitro benzene ring substituents is 1. The molecular weight excluding hydrogens is 295 g/mol. The summed E-state index contributed by atoms with van der Waals surface area (Å²) in [6.45, 7) is 1.15. The van der Waals surface area contributed by atoms with Crippen LogP contribution in [0, 0.1) is 15.9 Å². The molecule has 5 nitrogen and oxygen atoms in total.